The van der Waals surface area contributed by atoms with Gasteiger partial charge in [-0.05, 0) is 57.8 Å². The summed E-state index contributed by atoms with van der Waals surface area (Å²) in [4.78, 5) is 45.8. The number of allylic oxidation sites excluding steroid dienone is 13. The molecule has 0 bridgehead atoms. The molecule has 0 aliphatic carbocycles. The van der Waals surface area contributed by atoms with Crippen molar-refractivity contribution in [1.29, 1.82) is 0 Å². The number of hydrogen-bond donors (Lipinski definition) is 3. The molecular formula is C46H76NO10P. The standard InChI is InChI=1S/C46H76NO10P/c1-3-5-7-9-11-13-15-17-19-20-21-22-24-26-28-30-32-34-36-38-45(49)57-42(40-55-58(52,53)56-41-43(47)46(50)51)39-54-44(48)37-35-33-31-29-27-25-23-18-16-14-12-10-8-6-4-2/h11,13,17,19,21-22,26,28,31-35,37,42-43H,3-10,12,14-16,18,20,23-25,27,29-30,36,38-41,47H2,1-2H3,(H,50,51)(H,52,53)/b13-11+,19-17+,22-21+,28-26+,33-31+,34-32+,37-35+/t42-,43+/m1/s1. The first-order chi connectivity index (χ1) is 28.1. The van der Waals surface area contributed by atoms with Gasteiger partial charge in [-0.1, -0.05) is 170 Å². The Morgan fingerprint density at radius 2 is 1.03 bits per heavy atom. The lowest BCUT2D eigenvalue weighted by Crippen LogP contribution is -2.34. The summed E-state index contributed by atoms with van der Waals surface area (Å²) in [7, 11) is -4.76. The molecule has 0 aliphatic rings. The molecule has 0 aromatic heterocycles. The van der Waals surface area contributed by atoms with Gasteiger partial charge < -0.3 is 25.2 Å². The number of rotatable bonds is 39. The molecule has 12 heteroatoms. The lowest BCUT2D eigenvalue weighted by atomic mass is 10.1. The van der Waals surface area contributed by atoms with Crippen molar-refractivity contribution < 1.29 is 47.5 Å². The molecule has 330 valence electrons. The number of carbonyl (C=O) groups excluding carboxylic acids is 2. The Labute approximate surface area is 350 Å². The number of hydrogen-bond acceptors (Lipinski definition) is 9. The van der Waals surface area contributed by atoms with Crippen molar-refractivity contribution in [2.75, 3.05) is 19.8 Å². The zero-order valence-electron chi connectivity index (χ0n) is 35.6. The second-order valence-electron chi connectivity index (χ2n) is 14.2. The van der Waals surface area contributed by atoms with Crippen molar-refractivity contribution in [3.63, 3.8) is 0 Å². The van der Waals surface area contributed by atoms with Gasteiger partial charge in [0.05, 0.1) is 13.2 Å². The third-order valence-corrected chi connectivity index (χ3v) is 9.68. The van der Waals surface area contributed by atoms with Crippen LogP contribution < -0.4 is 5.73 Å². The van der Waals surface area contributed by atoms with E-state index in [1.165, 1.54) is 89.5 Å². The molecule has 0 aromatic carbocycles. The van der Waals surface area contributed by atoms with Crippen LogP contribution in [0.4, 0.5) is 0 Å². The van der Waals surface area contributed by atoms with E-state index in [-0.39, 0.29) is 6.42 Å². The van der Waals surface area contributed by atoms with E-state index in [9.17, 15) is 23.8 Å². The average molecular weight is 834 g/mol. The summed E-state index contributed by atoms with van der Waals surface area (Å²) in [5, 5.41) is 8.88. The predicted molar refractivity (Wildman–Crippen MR) is 235 cm³/mol. The van der Waals surface area contributed by atoms with Crippen LogP contribution in [0.15, 0.2) is 85.1 Å². The number of carboxylic acid groups (broad SMARTS) is 1. The van der Waals surface area contributed by atoms with Crippen molar-refractivity contribution in [3.8, 4) is 0 Å². The van der Waals surface area contributed by atoms with Crippen LogP contribution in [0.3, 0.4) is 0 Å². The number of nitrogens with two attached hydrogens (primary N) is 1. The SMILES string of the molecule is CCCCC/C=C/C/C=C/C/C=C/C/C=C/C/C=C/CCC(=O)O[C@H](COC(=O)/C=C/C=C/CCCCCCCCCCCCC)COP(=O)(O)OC[C@H](N)C(=O)O. The van der Waals surface area contributed by atoms with E-state index in [2.05, 4.69) is 60.9 Å². The zero-order valence-corrected chi connectivity index (χ0v) is 36.5. The molecule has 0 amide bonds. The van der Waals surface area contributed by atoms with E-state index in [1.807, 2.05) is 24.3 Å². The van der Waals surface area contributed by atoms with E-state index in [0.717, 1.165) is 38.5 Å². The van der Waals surface area contributed by atoms with Crippen LogP contribution in [0, 0.1) is 0 Å². The van der Waals surface area contributed by atoms with E-state index in [1.54, 1.807) is 12.2 Å². The summed E-state index contributed by atoms with van der Waals surface area (Å²) in [6, 6.07) is -1.55. The first-order valence-electron chi connectivity index (χ1n) is 21.7. The van der Waals surface area contributed by atoms with E-state index < -0.39 is 57.7 Å². The average Bonchev–Trinajstić information content (AvgIpc) is 3.20. The maximum absolute atomic E-state index is 12.6. The highest BCUT2D eigenvalue weighted by atomic mass is 31.2. The number of phosphoric ester groups is 1. The molecule has 0 aliphatic heterocycles. The van der Waals surface area contributed by atoms with Gasteiger partial charge in [0, 0.05) is 12.5 Å². The Hall–Kier alpha value is -3.34. The number of carbonyl (C=O) groups is 3. The fourth-order valence-electron chi connectivity index (χ4n) is 5.31. The Balaban J connectivity index is 4.61. The second kappa shape index (κ2) is 40.4. The maximum Gasteiger partial charge on any atom is 0.472 e. The minimum Gasteiger partial charge on any atom is -0.480 e. The first kappa shape index (κ1) is 54.7. The number of esters is 2. The Morgan fingerprint density at radius 3 is 1.59 bits per heavy atom. The molecule has 11 nitrogen and oxygen atoms in total. The Bertz CT molecular complexity index is 1300. The van der Waals surface area contributed by atoms with Crippen molar-refractivity contribution in [2.45, 2.75) is 167 Å². The molecule has 4 N–H and O–H groups in total. The lowest BCUT2D eigenvalue weighted by Gasteiger charge is -2.20. The Morgan fingerprint density at radius 1 is 0.586 bits per heavy atom. The topological polar surface area (TPSA) is 172 Å². The Kier molecular flexibility index (Phi) is 38.1. The van der Waals surface area contributed by atoms with Gasteiger partial charge in [-0.15, -0.1) is 0 Å². The molecule has 58 heavy (non-hydrogen) atoms. The summed E-state index contributed by atoms with van der Waals surface area (Å²) >= 11 is 0. The first-order valence-corrected chi connectivity index (χ1v) is 23.1. The van der Waals surface area contributed by atoms with Gasteiger partial charge in [0.25, 0.3) is 0 Å². The highest BCUT2D eigenvalue weighted by molar-refractivity contribution is 7.47. The molecular weight excluding hydrogens is 757 g/mol. The molecule has 0 heterocycles. The molecule has 3 atom stereocenters. The second-order valence-corrected chi connectivity index (χ2v) is 15.6. The van der Waals surface area contributed by atoms with Crippen LogP contribution in [0.5, 0.6) is 0 Å². The monoisotopic (exact) mass is 834 g/mol. The zero-order chi connectivity index (χ0) is 42.8. The summed E-state index contributed by atoms with van der Waals surface area (Å²) in [5.41, 5.74) is 5.32. The molecule has 0 aromatic rings. The van der Waals surface area contributed by atoms with Crippen molar-refractivity contribution in [2.24, 2.45) is 5.73 Å². The normalized spacial score (nSPS) is 14.6. The number of ether oxygens (including phenoxy) is 2. The minimum atomic E-state index is -4.76. The van der Waals surface area contributed by atoms with E-state index in [0.29, 0.717) is 12.8 Å². The molecule has 0 saturated heterocycles. The smallest absolute Gasteiger partial charge is 0.472 e. The van der Waals surface area contributed by atoms with Crippen molar-refractivity contribution >= 4 is 25.7 Å². The van der Waals surface area contributed by atoms with Gasteiger partial charge in [-0.25, -0.2) is 9.36 Å². The van der Waals surface area contributed by atoms with Crippen molar-refractivity contribution in [3.05, 3.63) is 85.1 Å². The largest absolute Gasteiger partial charge is 0.480 e. The number of phosphoric acid groups is 1. The van der Waals surface area contributed by atoms with Crippen LogP contribution in [-0.2, 0) is 37.5 Å². The van der Waals surface area contributed by atoms with Crippen LogP contribution in [0.2, 0.25) is 0 Å². The maximum atomic E-state index is 12.6. The van der Waals surface area contributed by atoms with Crippen LogP contribution >= 0.6 is 7.82 Å². The predicted octanol–water partition coefficient (Wildman–Crippen LogP) is 11.5. The number of aliphatic carboxylic acids is 1. The van der Waals surface area contributed by atoms with Gasteiger partial charge >= 0.3 is 25.7 Å². The van der Waals surface area contributed by atoms with E-state index in [4.69, 9.17) is 24.8 Å². The van der Waals surface area contributed by atoms with Gasteiger partial charge in [0.15, 0.2) is 6.10 Å². The van der Waals surface area contributed by atoms with Gasteiger partial charge in [0.1, 0.15) is 12.6 Å². The molecule has 0 saturated carbocycles. The summed E-state index contributed by atoms with van der Waals surface area (Å²) in [5.74, 6) is -2.76. The number of unbranched alkanes of at least 4 members (excludes halogenated alkanes) is 14. The van der Waals surface area contributed by atoms with Gasteiger partial charge in [-0.3, -0.25) is 18.6 Å². The van der Waals surface area contributed by atoms with Crippen LogP contribution in [-0.4, -0.2) is 59.9 Å². The highest BCUT2D eigenvalue weighted by Crippen LogP contribution is 2.43. The van der Waals surface area contributed by atoms with Crippen LogP contribution in [0.25, 0.3) is 0 Å². The highest BCUT2D eigenvalue weighted by Gasteiger charge is 2.28. The van der Waals surface area contributed by atoms with Crippen molar-refractivity contribution in [1.82, 2.24) is 0 Å². The molecule has 0 rings (SSSR count). The van der Waals surface area contributed by atoms with Gasteiger partial charge in [0.2, 0.25) is 0 Å². The fraction of sp³-hybridized carbons (Fsp3) is 0.630. The molecule has 0 fully saturated rings. The lowest BCUT2D eigenvalue weighted by molar-refractivity contribution is -0.159. The summed E-state index contributed by atoms with van der Waals surface area (Å²) < 4.78 is 32.4. The van der Waals surface area contributed by atoms with E-state index >= 15 is 0 Å². The molecule has 0 spiro atoms. The third kappa shape index (κ3) is 39.5. The summed E-state index contributed by atoms with van der Waals surface area (Å²) in [6.07, 6.45) is 50.1. The quantitative estimate of drug-likeness (QED) is 0.0134. The fourth-order valence-corrected chi connectivity index (χ4v) is 6.09. The molecule has 0 radical (unpaired) electrons. The summed E-state index contributed by atoms with van der Waals surface area (Å²) in [6.45, 7) is 2.56. The third-order valence-electron chi connectivity index (χ3n) is 8.73. The number of carboxylic acids is 1. The molecule has 1 unspecified atom stereocenters. The van der Waals surface area contributed by atoms with Crippen LogP contribution in [0.1, 0.15) is 155 Å². The van der Waals surface area contributed by atoms with Gasteiger partial charge in [-0.2, -0.15) is 0 Å². The minimum absolute atomic E-state index is 0.0140.